The molecular formula is C34H32N2O5. The minimum atomic E-state index is -0.484. The van der Waals surface area contributed by atoms with Crippen molar-refractivity contribution in [1.82, 2.24) is 0 Å². The van der Waals surface area contributed by atoms with Gasteiger partial charge in [0.2, 0.25) is 0 Å². The van der Waals surface area contributed by atoms with E-state index in [1.54, 1.807) is 24.3 Å². The Kier molecular flexibility index (Phi) is 10.0. The Labute approximate surface area is 240 Å². The van der Waals surface area contributed by atoms with E-state index >= 15 is 0 Å². The average Bonchev–Trinajstić information content (AvgIpc) is 3.00. The van der Waals surface area contributed by atoms with Crippen LogP contribution in [0.15, 0.2) is 96.6 Å². The van der Waals surface area contributed by atoms with Gasteiger partial charge in [0, 0.05) is 5.69 Å². The van der Waals surface area contributed by atoms with E-state index in [2.05, 4.69) is 5.32 Å². The highest BCUT2D eigenvalue weighted by Crippen LogP contribution is 2.32. The van der Waals surface area contributed by atoms with E-state index in [0.717, 1.165) is 16.7 Å². The number of aryl methyl sites for hydroxylation is 1. The van der Waals surface area contributed by atoms with Gasteiger partial charge in [-0.3, -0.25) is 4.79 Å². The number of ether oxygens (including phenoxy) is 4. The van der Waals surface area contributed by atoms with Gasteiger partial charge in [-0.25, -0.2) is 0 Å². The molecule has 41 heavy (non-hydrogen) atoms. The number of rotatable bonds is 12. The summed E-state index contributed by atoms with van der Waals surface area (Å²) >= 11 is 0. The Balaban J connectivity index is 1.44. The van der Waals surface area contributed by atoms with E-state index in [1.807, 2.05) is 86.6 Å². The first kappa shape index (κ1) is 28.8. The topological polar surface area (TPSA) is 89.8 Å². The summed E-state index contributed by atoms with van der Waals surface area (Å²) < 4.78 is 23.4. The highest BCUT2D eigenvalue weighted by Gasteiger charge is 2.13. The van der Waals surface area contributed by atoms with Crippen molar-refractivity contribution in [3.63, 3.8) is 0 Å². The molecule has 4 aromatic rings. The number of benzene rings is 4. The van der Waals surface area contributed by atoms with Crippen LogP contribution < -0.4 is 24.3 Å². The maximum Gasteiger partial charge on any atom is 0.266 e. The quantitative estimate of drug-likeness (QED) is 0.150. The van der Waals surface area contributed by atoms with E-state index in [-0.39, 0.29) is 12.2 Å². The van der Waals surface area contributed by atoms with Crippen molar-refractivity contribution >= 4 is 17.7 Å². The maximum absolute atomic E-state index is 12.7. The molecule has 208 valence electrons. The predicted octanol–water partition coefficient (Wildman–Crippen LogP) is 7.11. The lowest BCUT2D eigenvalue weighted by Crippen LogP contribution is -2.14. The molecule has 1 N–H and O–H groups in total. The van der Waals surface area contributed by atoms with Crippen molar-refractivity contribution in [1.29, 1.82) is 5.26 Å². The maximum atomic E-state index is 12.7. The van der Waals surface area contributed by atoms with Crippen molar-refractivity contribution in [2.45, 2.75) is 27.1 Å². The zero-order valence-corrected chi connectivity index (χ0v) is 23.3. The number of amides is 1. The molecule has 7 nitrogen and oxygen atoms in total. The van der Waals surface area contributed by atoms with Crippen LogP contribution in [0.2, 0.25) is 0 Å². The minimum Gasteiger partial charge on any atom is -0.493 e. The van der Waals surface area contributed by atoms with Gasteiger partial charge < -0.3 is 24.3 Å². The van der Waals surface area contributed by atoms with Gasteiger partial charge in [-0.15, -0.1) is 0 Å². The summed E-state index contributed by atoms with van der Waals surface area (Å²) in [5.74, 6) is 1.82. The SMILES string of the molecule is CCOc1cc(COc2ccc(/C=C(/C#N)C(=O)Nc3ccccc3C)cc2OC)ccc1OCc1ccccc1. The Morgan fingerprint density at radius 1 is 0.805 bits per heavy atom. The lowest BCUT2D eigenvalue weighted by Gasteiger charge is -2.15. The number of nitrogens with zero attached hydrogens (tertiary/aromatic N) is 1. The van der Waals surface area contributed by atoms with Crippen LogP contribution in [0.3, 0.4) is 0 Å². The fourth-order valence-corrected chi connectivity index (χ4v) is 4.04. The van der Waals surface area contributed by atoms with Crippen LogP contribution in [0.25, 0.3) is 6.08 Å². The first-order valence-electron chi connectivity index (χ1n) is 13.2. The van der Waals surface area contributed by atoms with Crippen LogP contribution in [0.5, 0.6) is 23.0 Å². The van der Waals surface area contributed by atoms with Gasteiger partial charge in [-0.2, -0.15) is 5.26 Å². The molecule has 0 fully saturated rings. The second-order valence-corrected chi connectivity index (χ2v) is 9.13. The van der Waals surface area contributed by atoms with Crippen LogP contribution in [-0.2, 0) is 18.0 Å². The average molecular weight is 549 g/mol. The predicted molar refractivity (Wildman–Crippen MR) is 159 cm³/mol. The van der Waals surface area contributed by atoms with Crippen LogP contribution >= 0.6 is 0 Å². The van der Waals surface area contributed by atoms with Gasteiger partial charge in [0.1, 0.15) is 24.9 Å². The number of hydrogen-bond acceptors (Lipinski definition) is 6. The van der Waals surface area contributed by atoms with Crippen molar-refractivity contribution in [3.8, 4) is 29.1 Å². The number of nitriles is 1. The van der Waals surface area contributed by atoms with Crippen LogP contribution in [0.4, 0.5) is 5.69 Å². The molecule has 0 aliphatic carbocycles. The van der Waals surface area contributed by atoms with Gasteiger partial charge in [-0.05, 0) is 72.5 Å². The number of anilines is 1. The van der Waals surface area contributed by atoms with Crippen LogP contribution in [0.1, 0.15) is 29.2 Å². The largest absolute Gasteiger partial charge is 0.493 e. The number of hydrogen-bond donors (Lipinski definition) is 1. The van der Waals surface area contributed by atoms with Crippen molar-refractivity contribution in [2.24, 2.45) is 0 Å². The lowest BCUT2D eigenvalue weighted by atomic mass is 10.1. The normalized spacial score (nSPS) is 10.8. The summed E-state index contributed by atoms with van der Waals surface area (Å²) in [7, 11) is 1.54. The van der Waals surface area contributed by atoms with Crippen LogP contribution in [0, 0.1) is 18.3 Å². The number of nitrogens with one attached hydrogen (secondary N) is 1. The molecule has 0 aliphatic rings. The Hall–Kier alpha value is -5.22. The molecule has 1 amide bonds. The number of carbonyl (C=O) groups excluding carboxylic acids is 1. The lowest BCUT2D eigenvalue weighted by molar-refractivity contribution is -0.112. The van der Waals surface area contributed by atoms with E-state index in [4.69, 9.17) is 18.9 Å². The van der Waals surface area contributed by atoms with E-state index in [1.165, 1.54) is 13.2 Å². The Morgan fingerprint density at radius 2 is 1.49 bits per heavy atom. The van der Waals surface area contributed by atoms with E-state index in [0.29, 0.717) is 47.5 Å². The molecule has 0 heterocycles. The molecule has 0 bridgehead atoms. The first-order chi connectivity index (χ1) is 20.0. The van der Waals surface area contributed by atoms with Gasteiger partial charge in [0.15, 0.2) is 23.0 Å². The standard InChI is InChI=1S/C34H32N2O5/c1-4-39-33-20-27(15-17-31(33)40-22-25-11-6-5-7-12-25)23-41-30-16-14-26(19-32(30)38-3)18-28(21-35)34(37)36-29-13-9-8-10-24(29)2/h5-20H,4,22-23H2,1-3H3,(H,36,37)/b28-18-. The smallest absolute Gasteiger partial charge is 0.266 e. The van der Waals surface area contributed by atoms with Gasteiger partial charge in [-0.1, -0.05) is 60.7 Å². The van der Waals surface area contributed by atoms with Crippen molar-refractivity contribution in [3.05, 3.63) is 119 Å². The Morgan fingerprint density at radius 3 is 2.20 bits per heavy atom. The van der Waals surface area contributed by atoms with Crippen molar-refractivity contribution < 1.29 is 23.7 Å². The fourth-order valence-electron chi connectivity index (χ4n) is 4.04. The number of methoxy groups -OCH3 is 1. The molecule has 4 aromatic carbocycles. The molecule has 0 atom stereocenters. The zero-order chi connectivity index (χ0) is 29.0. The molecule has 0 aliphatic heterocycles. The molecule has 0 saturated heterocycles. The summed E-state index contributed by atoms with van der Waals surface area (Å²) in [4.78, 5) is 12.7. The minimum absolute atomic E-state index is 0.0259. The summed E-state index contributed by atoms with van der Waals surface area (Å²) in [6, 6.07) is 30.3. The molecule has 0 radical (unpaired) electrons. The molecule has 0 saturated carbocycles. The van der Waals surface area contributed by atoms with Gasteiger partial charge in [0.05, 0.1) is 13.7 Å². The molecule has 4 rings (SSSR count). The molecule has 0 unspecified atom stereocenters. The third-order valence-corrected chi connectivity index (χ3v) is 6.20. The molecule has 0 spiro atoms. The number of carbonyl (C=O) groups is 1. The zero-order valence-electron chi connectivity index (χ0n) is 23.3. The summed E-state index contributed by atoms with van der Waals surface area (Å²) in [6.07, 6.45) is 1.52. The van der Waals surface area contributed by atoms with E-state index in [9.17, 15) is 10.1 Å². The monoisotopic (exact) mass is 548 g/mol. The van der Waals surface area contributed by atoms with Crippen LogP contribution in [-0.4, -0.2) is 19.6 Å². The molecule has 7 heteroatoms. The van der Waals surface area contributed by atoms with Crippen molar-refractivity contribution in [2.75, 3.05) is 19.0 Å². The highest BCUT2D eigenvalue weighted by molar-refractivity contribution is 6.10. The summed E-state index contributed by atoms with van der Waals surface area (Å²) in [6.45, 7) is 5.03. The third kappa shape index (κ3) is 7.90. The van der Waals surface area contributed by atoms with Gasteiger partial charge >= 0.3 is 0 Å². The van der Waals surface area contributed by atoms with Gasteiger partial charge in [0.25, 0.3) is 5.91 Å². The summed E-state index contributed by atoms with van der Waals surface area (Å²) in [5, 5.41) is 12.4. The second kappa shape index (κ2) is 14.2. The summed E-state index contributed by atoms with van der Waals surface area (Å²) in [5.41, 5.74) is 4.13. The highest BCUT2D eigenvalue weighted by atomic mass is 16.5. The third-order valence-electron chi connectivity index (χ3n) is 6.20. The van der Waals surface area contributed by atoms with E-state index < -0.39 is 5.91 Å². The fraction of sp³-hybridized carbons (Fsp3) is 0.176. The Bertz CT molecular complexity index is 1560. The first-order valence-corrected chi connectivity index (χ1v) is 13.2. The second-order valence-electron chi connectivity index (χ2n) is 9.13. The number of para-hydroxylation sites is 1. The molecule has 0 aromatic heterocycles. The molecular weight excluding hydrogens is 516 g/mol.